The highest BCUT2D eigenvalue weighted by Gasteiger charge is 2.39. The van der Waals surface area contributed by atoms with Gasteiger partial charge in [0.25, 0.3) is 0 Å². The summed E-state index contributed by atoms with van der Waals surface area (Å²) in [5.41, 5.74) is 1.50. The first-order valence-corrected chi connectivity index (χ1v) is 7.53. The Hall–Kier alpha value is -0.340. The smallest absolute Gasteiger partial charge is 0.0579 e. The minimum absolute atomic E-state index is 0.102. The Morgan fingerprint density at radius 2 is 2.06 bits per heavy atom. The number of aliphatic hydroxyl groups excluding tert-OH is 1. The Labute approximate surface area is 109 Å². The predicted octanol–water partition coefficient (Wildman–Crippen LogP) is 4.13. The van der Waals surface area contributed by atoms with Crippen molar-refractivity contribution in [3.8, 4) is 0 Å². The lowest BCUT2D eigenvalue weighted by Gasteiger charge is -2.42. The lowest BCUT2D eigenvalue weighted by atomic mass is 9.65. The van der Waals surface area contributed by atoms with Crippen molar-refractivity contribution in [3.05, 3.63) is 21.9 Å². The number of hydrogen-bond acceptors (Lipinski definition) is 2. The Morgan fingerprint density at radius 3 is 2.59 bits per heavy atom. The molecule has 0 aliphatic heterocycles. The molecular weight excluding hydrogens is 228 g/mol. The van der Waals surface area contributed by atoms with E-state index in [2.05, 4.69) is 39.1 Å². The van der Waals surface area contributed by atoms with Gasteiger partial charge < -0.3 is 5.11 Å². The molecule has 2 rings (SSSR count). The number of thiophene rings is 1. The average Bonchev–Trinajstić information content (AvgIpc) is 2.64. The second-order valence-electron chi connectivity index (χ2n) is 6.26. The zero-order valence-electron chi connectivity index (χ0n) is 11.4. The lowest BCUT2D eigenvalue weighted by molar-refractivity contribution is 0.0144. The minimum atomic E-state index is -0.131. The van der Waals surface area contributed by atoms with Crippen molar-refractivity contribution in [2.45, 2.75) is 58.5 Å². The highest BCUT2D eigenvalue weighted by molar-refractivity contribution is 7.10. The maximum atomic E-state index is 10.3. The van der Waals surface area contributed by atoms with Gasteiger partial charge in [0.2, 0.25) is 0 Å². The summed E-state index contributed by atoms with van der Waals surface area (Å²) >= 11 is 1.82. The summed E-state index contributed by atoms with van der Waals surface area (Å²) < 4.78 is 0. The molecule has 3 atom stereocenters. The van der Waals surface area contributed by atoms with Crippen LogP contribution in [-0.2, 0) is 5.41 Å². The van der Waals surface area contributed by atoms with Gasteiger partial charge >= 0.3 is 0 Å². The first-order valence-electron chi connectivity index (χ1n) is 6.65. The summed E-state index contributed by atoms with van der Waals surface area (Å²) in [4.78, 5) is 1.37. The summed E-state index contributed by atoms with van der Waals surface area (Å²) in [7, 11) is 0. The zero-order valence-corrected chi connectivity index (χ0v) is 12.2. The van der Waals surface area contributed by atoms with Crippen LogP contribution in [-0.4, -0.2) is 11.2 Å². The van der Waals surface area contributed by atoms with Crippen LogP contribution in [0.4, 0.5) is 0 Å². The molecule has 3 unspecified atom stereocenters. The van der Waals surface area contributed by atoms with Crippen molar-refractivity contribution in [3.63, 3.8) is 0 Å². The van der Waals surface area contributed by atoms with Crippen molar-refractivity contribution in [1.82, 2.24) is 0 Å². The Bertz CT molecular complexity index is 380. The fourth-order valence-electron chi connectivity index (χ4n) is 3.19. The average molecular weight is 252 g/mol. The largest absolute Gasteiger partial charge is 0.393 e. The van der Waals surface area contributed by atoms with E-state index < -0.39 is 0 Å². The van der Waals surface area contributed by atoms with Gasteiger partial charge in [-0.25, -0.2) is 0 Å². The molecule has 0 bridgehead atoms. The quantitative estimate of drug-likeness (QED) is 0.839. The van der Waals surface area contributed by atoms with Crippen molar-refractivity contribution in [1.29, 1.82) is 0 Å². The van der Waals surface area contributed by atoms with E-state index >= 15 is 0 Å². The molecule has 1 aromatic heterocycles. The van der Waals surface area contributed by atoms with Crippen LogP contribution in [0.5, 0.6) is 0 Å². The molecule has 96 valence electrons. The van der Waals surface area contributed by atoms with E-state index in [1.165, 1.54) is 16.9 Å². The topological polar surface area (TPSA) is 20.2 Å². The van der Waals surface area contributed by atoms with Crippen LogP contribution in [0.1, 0.15) is 50.5 Å². The summed E-state index contributed by atoms with van der Waals surface area (Å²) in [6.45, 7) is 8.99. The van der Waals surface area contributed by atoms with Crippen LogP contribution in [0.2, 0.25) is 0 Å². The van der Waals surface area contributed by atoms with Gasteiger partial charge in [0.05, 0.1) is 6.10 Å². The monoisotopic (exact) mass is 252 g/mol. The highest BCUT2D eigenvalue weighted by atomic mass is 32.1. The molecule has 1 fully saturated rings. The second kappa shape index (κ2) is 4.74. The fourth-order valence-corrected chi connectivity index (χ4v) is 4.07. The van der Waals surface area contributed by atoms with Gasteiger partial charge in [-0.3, -0.25) is 0 Å². The zero-order chi connectivity index (χ0) is 12.6. The molecule has 1 aromatic rings. The third kappa shape index (κ3) is 2.58. The van der Waals surface area contributed by atoms with E-state index in [1.54, 1.807) is 0 Å². The highest BCUT2D eigenvalue weighted by Crippen LogP contribution is 2.43. The second-order valence-corrected chi connectivity index (χ2v) is 7.38. The molecule has 0 radical (unpaired) electrons. The molecule has 2 heteroatoms. The van der Waals surface area contributed by atoms with E-state index in [1.807, 2.05) is 11.3 Å². The molecule has 1 heterocycles. The van der Waals surface area contributed by atoms with Crippen LogP contribution >= 0.6 is 11.3 Å². The SMILES string of the molecule is Cc1cc(C(C)(C)C2CCC(C)CC2O)cs1. The van der Waals surface area contributed by atoms with Gasteiger partial charge in [-0.2, -0.15) is 0 Å². The van der Waals surface area contributed by atoms with Gasteiger partial charge in [0, 0.05) is 4.88 Å². The van der Waals surface area contributed by atoms with Gasteiger partial charge in [0.1, 0.15) is 0 Å². The van der Waals surface area contributed by atoms with Crippen molar-refractivity contribution < 1.29 is 5.11 Å². The van der Waals surface area contributed by atoms with Crippen LogP contribution in [0, 0.1) is 18.8 Å². The molecule has 17 heavy (non-hydrogen) atoms. The van der Waals surface area contributed by atoms with E-state index in [0.717, 1.165) is 12.8 Å². The first kappa shape index (κ1) is 13.1. The van der Waals surface area contributed by atoms with E-state index in [4.69, 9.17) is 0 Å². The van der Waals surface area contributed by atoms with Crippen molar-refractivity contribution in [2.24, 2.45) is 11.8 Å². The van der Waals surface area contributed by atoms with Gasteiger partial charge in [-0.15, -0.1) is 11.3 Å². The molecule has 0 saturated heterocycles. The molecule has 1 aliphatic rings. The standard InChI is InChI=1S/C15H24OS/c1-10-5-6-13(14(16)7-10)15(3,4)12-8-11(2)17-9-12/h8-10,13-14,16H,5-7H2,1-4H3. The Kier molecular flexibility index (Phi) is 3.65. The van der Waals surface area contributed by atoms with E-state index in [-0.39, 0.29) is 11.5 Å². The molecular formula is C15H24OS. The minimum Gasteiger partial charge on any atom is -0.393 e. The van der Waals surface area contributed by atoms with Crippen LogP contribution < -0.4 is 0 Å². The maximum Gasteiger partial charge on any atom is 0.0579 e. The summed E-state index contributed by atoms with van der Waals surface area (Å²) in [5, 5.41) is 12.6. The van der Waals surface area contributed by atoms with Crippen LogP contribution in [0.25, 0.3) is 0 Å². The van der Waals surface area contributed by atoms with E-state index in [0.29, 0.717) is 11.8 Å². The number of aliphatic hydroxyl groups is 1. The summed E-state index contributed by atoms with van der Waals surface area (Å²) in [5.74, 6) is 1.09. The van der Waals surface area contributed by atoms with Crippen LogP contribution in [0.3, 0.4) is 0 Å². The summed E-state index contributed by atoms with van der Waals surface area (Å²) in [6.07, 6.45) is 3.25. The van der Waals surface area contributed by atoms with Gasteiger partial charge in [0.15, 0.2) is 0 Å². The molecule has 1 saturated carbocycles. The molecule has 1 N–H and O–H groups in total. The van der Waals surface area contributed by atoms with Gasteiger partial charge in [-0.05, 0) is 54.0 Å². The Morgan fingerprint density at radius 1 is 1.35 bits per heavy atom. The molecule has 0 aromatic carbocycles. The predicted molar refractivity (Wildman–Crippen MR) is 74.6 cm³/mol. The number of rotatable bonds is 2. The van der Waals surface area contributed by atoms with Gasteiger partial charge in [-0.1, -0.05) is 27.2 Å². The van der Waals surface area contributed by atoms with Crippen molar-refractivity contribution >= 4 is 11.3 Å². The fraction of sp³-hybridized carbons (Fsp3) is 0.733. The third-order valence-corrected chi connectivity index (χ3v) is 5.34. The number of hydrogen-bond donors (Lipinski definition) is 1. The first-order chi connectivity index (χ1) is 7.91. The van der Waals surface area contributed by atoms with Crippen molar-refractivity contribution in [2.75, 3.05) is 0 Å². The number of aryl methyl sites for hydroxylation is 1. The molecule has 0 spiro atoms. The lowest BCUT2D eigenvalue weighted by Crippen LogP contribution is -2.41. The summed E-state index contributed by atoms with van der Waals surface area (Å²) in [6, 6.07) is 2.29. The molecule has 0 amide bonds. The molecule has 1 nitrogen and oxygen atoms in total. The third-order valence-electron chi connectivity index (χ3n) is 4.48. The normalized spacial score (nSPS) is 30.5. The maximum absolute atomic E-state index is 10.3. The molecule has 1 aliphatic carbocycles. The van der Waals surface area contributed by atoms with E-state index in [9.17, 15) is 5.11 Å². The Balaban J connectivity index is 2.20. The van der Waals surface area contributed by atoms with Crippen LogP contribution in [0.15, 0.2) is 11.4 Å².